The molecular formula is C19H23N3O2S. The third-order valence-corrected chi connectivity index (χ3v) is 5.43. The molecule has 1 atom stereocenters. The van der Waals surface area contributed by atoms with Gasteiger partial charge in [0.15, 0.2) is 5.78 Å². The largest absolute Gasteiger partial charge is 0.352 e. The van der Waals surface area contributed by atoms with Crippen molar-refractivity contribution >= 4 is 23.0 Å². The fourth-order valence-corrected chi connectivity index (χ4v) is 3.97. The minimum Gasteiger partial charge on any atom is -0.352 e. The van der Waals surface area contributed by atoms with Gasteiger partial charge in [-0.05, 0) is 55.5 Å². The number of Topliss-reactive ketones (excluding diaryl/α,β-unsaturated/α-hetero) is 1. The number of nitrogens with one attached hydrogen (secondary N) is 1. The Hall–Kier alpha value is -2.05. The molecule has 5 nitrogen and oxygen atoms in total. The zero-order valence-corrected chi connectivity index (χ0v) is 15.2. The summed E-state index contributed by atoms with van der Waals surface area (Å²) in [4.78, 5) is 31.1. The number of thiophene rings is 1. The first-order chi connectivity index (χ1) is 12.1. The zero-order chi connectivity index (χ0) is 17.6. The van der Waals surface area contributed by atoms with Crippen LogP contribution in [0.15, 0.2) is 35.8 Å². The minimum absolute atomic E-state index is 0.0255. The lowest BCUT2D eigenvalue weighted by molar-refractivity contribution is -0.121. The third-order valence-electron chi connectivity index (χ3n) is 4.35. The monoisotopic (exact) mass is 357 g/mol. The highest BCUT2D eigenvalue weighted by Crippen LogP contribution is 2.17. The molecule has 3 heterocycles. The number of pyridine rings is 1. The lowest BCUT2D eigenvalue weighted by Crippen LogP contribution is -2.47. The number of aromatic nitrogens is 1. The fourth-order valence-electron chi connectivity index (χ4n) is 3.15. The first-order valence-electron chi connectivity index (χ1n) is 8.60. The van der Waals surface area contributed by atoms with Crippen molar-refractivity contribution in [3.63, 3.8) is 0 Å². The van der Waals surface area contributed by atoms with Crippen molar-refractivity contribution in [3.8, 4) is 0 Å². The highest BCUT2D eigenvalue weighted by Gasteiger charge is 2.22. The average Bonchev–Trinajstić information content (AvgIpc) is 3.05. The lowest BCUT2D eigenvalue weighted by Gasteiger charge is -2.32. The Morgan fingerprint density at radius 3 is 3.00 bits per heavy atom. The summed E-state index contributed by atoms with van der Waals surface area (Å²) in [6.45, 7) is 4.26. The van der Waals surface area contributed by atoms with E-state index in [1.165, 1.54) is 11.3 Å². The predicted octanol–water partition coefficient (Wildman–Crippen LogP) is 2.67. The second-order valence-corrected chi connectivity index (χ2v) is 7.43. The van der Waals surface area contributed by atoms with Gasteiger partial charge in [-0.3, -0.25) is 19.5 Å². The van der Waals surface area contributed by atoms with Gasteiger partial charge in [0.2, 0.25) is 5.91 Å². The maximum Gasteiger partial charge on any atom is 0.224 e. The summed E-state index contributed by atoms with van der Waals surface area (Å²) >= 11 is 1.40. The number of hydrogen-bond acceptors (Lipinski definition) is 5. The van der Waals surface area contributed by atoms with E-state index in [0.29, 0.717) is 11.3 Å². The molecule has 0 radical (unpaired) electrons. The number of piperidine rings is 1. The van der Waals surface area contributed by atoms with Gasteiger partial charge >= 0.3 is 0 Å². The van der Waals surface area contributed by atoms with Gasteiger partial charge in [-0.1, -0.05) is 6.07 Å². The van der Waals surface area contributed by atoms with E-state index in [0.717, 1.165) is 43.7 Å². The summed E-state index contributed by atoms with van der Waals surface area (Å²) in [6.07, 6.45) is 4.23. The standard InChI is InChI=1S/C19H23N3O2S/c1-14(23)18-9-15(13-25-18)10-19(24)21-17-6-4-8-22(12-17)11-16-5-2-3-7-20-16/h2-3,5,7,9,13,17H,4,6,8,10-12H2,1H3,(H,21,24). The SMILES string of the molecule is CC(=O)c1cc(CC(=O)NC2CCCN(Cc3ccccn3)C2)cs1. The highest BCUT2D eigenvalue weighted by molar-refractivity contribution is 7.12. The van der Waals surface area contributed by atoms with E-state index in [-0.39, 0.29) is 17.7 Å². The molecule has 132 valence electrons. The Bertz CT molecular complexity index is 729. The van der Waals surface area contributed by atoms with Crippen LogP contribution in [0.4, 0.5) is 0 Å². The third kappa shape index (κ3) is 5.21. The van der Waals surface area contributed by atoms with Crippen LogP contribution in [0, 0.1) is 0 Å². The van der Waals surface area contributed by atoms with Crippen molar-refractivity contribution in [1.82, 2.24) is 15.2 Å². The molecule has 1 amide bonds. The van der Waals surface area contributed by atoms with E-state index >= 15 is 0 Å². The number of amides is 1. The number of carbonyl (C=O) groups is 2. The number of nitrogens with zero attached hydrogens (tertiary/aromatic N) is 2. The molecule has 0 aromatic carbocycles. The van der Waals surface area contributed by atoms with Gasteiger partial charge in [0.25, 0.3) is 0 Å². The Balaban J connectivity index is 1.49. The van der Waals surface area contributed by atoms with Gasteiger partial charge in [-0.25, -0.2) is 0 Å². The minimum atomic E-state index is 0.0255. The lowest BCUT2D eigenvalue weighted by atomic mass is 10.0. The van der Waals surface area contributed by atoms with Crippen LogP contribution in [0.2, 0.25) is 0 Å². The van der Waals surface area contributed by atoms with Crippen LogP contribution in [-0.2, 0) is 17.8 Å². The summed E-state index contributed by atoms with van der Waals surface area (Å²) in [5.74, 6) is 0.0756. The molecule has 6 heteroatoms. The van der Waals surface area contributed by atoms with Crippen molar-refractivity contribution < 1.29 is 9.59 Å². The van der Waals surface area contributed by atoms with Crippen molar-refractivity contribution in [3.05, 3.63) is 52.0 Å². The van der Waals surface area contributed by atoms with Crippen LogP contribution in [0.5, 0.6) is 0 Å². The molecule has 0 spiro atoms. The van der Waals surface area contributed by atoms with Crippen LogP contribution in [0.1, 0.15) is 40.7 Å². The second kappa shape index (κ2) is 8.36. The number of ketones is 1. The molecule has 0 bridgehead atoms. The van der Waals surface area contributed by atoms with Gasteiger partial charge in [0, 0.05) is 25.3 Å². The van der Waals surface area contributed by atoms with Crippen molar-refractivity contribution in [2.45, 2.75) is 38.8 Å². The van der Waals surface area contributed by atoms with E-state index in [4.69, 9.17) is 0 Å². The number of carbonyl (C=O) groups excluding carboxylic acids is 2. The normalized spacial score (nSPS) is 18.0. The summed E-state index contributed by atoms with van der Waals surface area (Å²) in [5, 5.41) is 5.03. The van der Waals surface area contributed by atoms with Crippen LogP contribution in [0.3, 0.4) is 0 Å². The Kier molecular flexibility index (Phi) is 5.94. The molecule has 2 aromatic heterocycles. The second-order valence-electron chi connectivity index (χ2n) is 6.52. The van der Waals surface area contributed by atoms with E-state index in [1.807, 2.05) is 35.8 Å². The Labute approximate surface area is 152 Å². The first kappa shape index (κ1) is 17.8. The number of likely N-dealkylation sites (tertiary alicyclic amines) is 1. The van der Waals surface area contributed by atoms with E-state index in [9.17, 15) is 9.59 Å². The predicted molar refractivity (Wildman–Crippen MR) is 98.7 cm³/mol. The fraction of sp³-hybridized carbons (Fsp3) is 0.421. The Morgan fingerprint density at radius 2 is 2.28 bits per heavy atom. The summed E-state index contributed by atoms with van der Waals surface area (Å²) < 4.78 is 0. The van der Waals surface area contributed by atoms with Gasteiger partial charge < -0.3 is 5.32 Å². The van der Waals surface area contributed by atoms with Crippen molar-refractivity contribution in [2.24, 2.45) is 0 Å². The molecule has 1 fully saturated rings. The van der Waals surface area contributed by atoms with Crippen LogP contribution in [-0.4, -0.2) is 40.7 Å². The first-order valence-corrected chi connectivity index (χ1v) is 9.48. The smallest absolute Gasteiger partial charge is 0.224 e. The van der Waals surface area contributed by atoms with Crippen LogP contribution < -0.4 is 5.32 Å². The van der Waals surface area contributed by atoms with Gasteiger partial charge in [0.05, 0.1) is 17.0 Å². The molecule has 3 rings (SSSR count). The van der Waals surface area contributed by atoms with Crippen LogP contribution in [0.25, 0.3) is 0 Å². The van der Waals surface area contributed by atoms with E-state index in [1.54, 1.807) is 6.92 Å². The summed E-state index contributed by atoms with van der Waals surface area (Å²) in [5.41, 5.74) is 1.97. The molecule has 25 heavy (non-hydrogen) atoms. The van der Waals surface area contributed by atoms with Crippen molar-refractivity contribution in [1.29, 1.82) is 0 Å². The van der Waals surface area contributed by atoms with E-state index < -0.39 is 0 Å². The molecule has 1 unspecified atom stereocenters. The number of hydrogen-bond donors (Lipinski definition) is 1. The van der Waals surface area contributed by atoms with Gasteiger partial charge in [-0.15, -0.1) is 11.3 Å². The summed E-state index contributed by atoms with van der Waals surface area (Å²) in [7, 11) is 0. The zero-order valence-electron chi connectivity index (χ0n) is 14.4. The quantitative estimate of drug-likeness (QED) is 0.808. The number of rotatable bonds is 6. The molecule has 2 aromatic rings. The average molecular weight is 357 g/mol. The molecular weight excluding hydrogens is 334 g/mol. The van der Waals surface area contributed by atoms with E-state index in [2.05, 4.69) is 15.2 Å². The topological polar surface area (TPSA) is 62.3 Å². The summed E-state index contributed by atoms with van der Waals surface area (Å²) in [6, 6.07) is 7.95. The molecule has 0 aliphatic carbocycles. The van der Waals surface area contributed by atoms with Crippen LogP contribution >= 0.6 is 11.3 Å². The molecule has 1 saturated heterocycles. The van der Waals surface area contributed by atoms with Crippen molar-refractivity contribution in [2.75, 3.05) is 13.1 Å². The maximum absolute atomic E-state index is 12.3. The maximum atomic E-state index is 12.3. The molecule has 1 N–H and O–H groups in total. The Morgan fingerprint density at radius 1 is 1.40 bits per heavy atom. The molecule has 1 aliphatic rings. The van der Waals surface area contributed by atoms with Gasteiger partial charge in [0.1, 0.15) is 0 Å². The van der Waals surface area contributed by atoms with Gasteiger partial charge in [-0.2, -0.15) is 0 Å². The molecule has 1 aliphatic heterocycles. The highest BCUT2D eigenvalue weighted by atomic mass is 32.1. The molecule has 0 saturated carbocycles.